The summed E-state index contributed by atoms with van der Waals surface area (Å²) in [5.41, 5.74) is 3.59. The smallest absolute Gasteiger partial charge is 0.137 e. The summed E-state index contributed by atoms with van der Waals surface area (Å²) in [5.74, 6) is 0.914. The van der Waals surface area contributed by atoms with Gasteiger partial charge in [0.2, 0.25) is 0 Å². The van der Waals surface area contributed by atoms with Crippen molar-refractivity contribution in [2.24, 2.45) is 7.05 Å². The molecule has 0 unspecified atom stereocenters. The Morgan fingerprint density at radius 1 is 1.41 bits per heavy atom. The minimum absolute atomic E-state index is 0.847. The van der Waals surface area contributed by atoms with Gasteiger partial charge in [-0.15, -0.1) is 0 Å². The SMILES string of the molecule is Cc1nn(C)c(C)c1CNCCc1ncn[nH]1. The molecule has 0 aliphatic rings. The van der Waals surface area contributed by atoms with Crippen molar-refractivity contribution < 1.29 is 0 Å². The first-order chi connectivity index (χ1) is 8.18. The van der Waals surface area contributed by atoms with Crippen molar-refractivity contribution in [1.82, 2.24) is 30.3 Å². The number of rotatable bonds is 5. The van der Waals surface area contributed by atoms with Gasteiger partial charge in [0.15, 0.2) is 0 Å². The van der Waals surface area contributed by atoms with Gasteiger partial charge in [-0.3, -0.25) is 9.78 Å². The third kappa shape index (κ3) is 2.71. The zero-order valence-corrected chi connectivity index (χ0v) is 10.5. The molecular weight excluding hydrogens is 216 g/mol. The van der Waals surface area contributed by atoms with Crippen molar-refractivity contribution in [3.8, 4) is 0 Å². The molecule has 0 fully saturated rings. The van der Waals surface area contributed by atoms with Gasteiger partial charge in [0, 0.05) is 37.8 Å². The maximum atomic E-state index is 4.39. The molecule has 0 spiro atoms. The van der Waals surface area contributed by atoms with Crippen LogP contribution in [0, 0.1) is 13.8 Å². The summed E-state index contributed by atoms with van der Waals surface area (Å²) in [6.45, 7) is 5.86. The molecule has 2 aromatic heterocycles. The fourth-order valence-corrected chi connectivity index (χ4v) is 1.84. The van der Waals surface area contributed by atoms with E-state index in [-0.39, 0.29) is 0 Å². The van der Waals surface area contributed by atoms with Gasteiger partial charge in [-0.25, -0.2) is 4.98 Å². The number of hydrogen-bond acceptors (Lipinski definition) is 4. The van der Waals surface area contributed by atoms with Gasteiger partial charge in [0.25, 0.3) is 0 Å². The molecule has 2 aromatic rings. The summed E-state index contributed by atoms with van der Waals surface area (Å²) < 4.78 is 1.92. The van der Waals surface area contributed by atoms with Crippen LogP contribution in [0.25, 0.3) is 0 Å². The molecule has 6 heteroatoms. The Hall–Kier alpha value is -1.69. The second-order valence-corrected chi connectivity index (χ2v) is 4.13. The van der Waals surface area contributed by atoms with E-state index in [1.807, 2.05) is 18.7 Å². The van der Waals surface area contributed by atoms with Gasteiger partial charge in [-0.2, -0.15) is 10.2 Å². The summed E-state index contributed by atoms with van der Waals surface area (Å²) in [7, 11) is 1.97. The molecular formula is C11H18N6. The predicted molar refractivity (Wildman–Crippen MR) is 64.5 cm³/mol. The molecule has 17 heavy (non-hydrogen) atoms. The van der Waals surface area contributed by atoms with E-state index in [0.29, 0.717) is 0 Å². The zero-order chi connectivity index (χ0) is 12.3. The lowest BCUT2D eigenvalue weighted by molar-refractivity contribution is 0.665. The van der Waals surface area contributed by atoms with Crippen molar-refractivity contribution in [2.45, 2.75) is 26.8 Å². The van der Waals surface area contributed by atoms with Crippen molar-refractivity contribution in [1.29, 1.82) is 0 Å². The van der Waals surface area contributed by atoms with Crippen LogP contribution in [0.4, 0.5) is 0 Å². The van der Waals surface area contributed by atoms with Crippen molar-refractivity contribution >= 4 is 0 Å². The molecule has 2 rings (SSSR count). The Morgan fingerprint density at radius 3 is 2.82 bits per heavy atom. The van der Waals surface area contributed by atoms with Gasteiger partial charge < -0.3 is 5.32 Å². The Morgan fingerprint density at radius 2 is 2.24 bits per heavy atom. The number of aromatic nitrogens is 5. The topological polar surface area (TPSA) is 71.4 Å². The molecule has 92 valence electrons. The quantitative estimate of drug-likeness (QED) is 0.738. The average molecular weight is 234 g/mol. The van der Waals surface area contributed by atoms with Crippen molar-refractivity contribution in [3.63, 3.8) is 0 Å². The van der Waals surface area contributed by atoms with Crippen LogP contribution in [0.5, 0.6) is 0 Å². The van der Waals surface area contributed by atoms with E-state index in [1.165, 1.54) is 17.6 Å². The van der Waals surface area contributed by atoms with E-state index in [9.17, 15) is 0 Å². The third-order valence-corrected chi connectivity index (χ3v) is 2.96. The highest BCUT2D eigenvalue weighted by Gasteiger charge is 2.08. The van der Waals surface area contributed by atoms with Gasteiger partial charge in [-0.1, -0.05) is 0 Å². The lowest BCUT2D eigenvalue weighted by atomic mass is 10.2. The van der Waals surface area contributed by atoms with E-state index in [2.05, 4.69) is 32.5 Å². The molecule has 0 aromatic carbocycles. The predicted octanol–water partition coefficient (Wildman–Crippen LogP) is 0.487. The third-order valence-electron chi connectivity index (χ3n) is 2.96. The first-order valence-corrected chi connectivity index (χ1v) is 5.72. The lowest BCUT2D eigenvalue weighted by Crippen LogP contribution is -2.18. The number of H-pyrrole nitrogens is 1. The standard InChI is InChI=1S/C11H18N6/c1-8-10(9(2)17(3)16-8)6-12-5-4-11-13-7-14-15-11/h7,12H,4-6H2,1-3H3,(H,13,14,15). The second kappa shape index (κ2) is 5.09. The summed E-state index contributed by atoms with van der Waals surface area (Å²) >= 11 is 0. The average Bonchev–Trinajstić information content (AvgIpc) is 2.87. The molecule has 0 bridgehead atoms. The Kier molecular flexibility index (Phi) is 3.53. The van der Waals surface area contributed by atoms with Crippen LogP contribution < -0.4 is 5.32 Å². The van der Waals surface area contributed by atoms with Crippen LogP contribution in [-0.2, 0) is 20.0 Å². The fraction of sp³-hybridized carbons (Fsp3) is 0.545. The number of hydrogen-bond donors (Lipinski definition) is 2. The number of nitrogens with one attached hydrogen (secondary N) is 2. The Bertz CT molecular complexity index is 470. The van der Waals surface area contributed by atoms with Gasteiger partial charge in [-0.05, 0) is 13.8 Å². The molecule has 0 radical (unpaired) electrons. The van der Waals surface area contributed by atoms with Crippen LogP contribution in [0.15, 0.2) is 6.33 Å². The zero-order valence-electron chi connectivity index (χ0n) is 10.5. The number of aryl methyl sites for hydroxylation is 2. The highest BCUT2D eigenvalue weighted by Crippen LogP contribution is 2.10. The molecule has 0 atom stereocenters. The van der Waals surface area contributed by atoms with E-state index < -0.39 is 0 Å². The second-order valence-electron chi connectivity index (χ2n) is 4.13. The Labute approximate surface area is 100 Å². The maximum absolute atomic E-state index is 4.39. The first-order valence-electron chi connectivity index (χ1n) is 5.72. The molecule has 2 heterocycles. The first kappa shape index (κ1) is 11.8. The van der Waals surface area contributed by atoms with E-state index in [4.69, 9.17) is 0 Å². The van der Waals surface area contributed by atoms with Gasteiger partial charge >= 0.3 is 0 Å². The molecule has 0 aliphatic heterocycles. The van der Waals surface area contributed by atoms with Crippen molar-refractivity contribution in [3.05, 3.63) is 29.1 Å². The molecule has 2 N–H and O–H groups in total. The summed E-state index contributed by atoms with van der Waals surface area (Å²) in [6.07, 6.45) is 2.39. The minimum Gasteiger partial charge on any atom is -0.312 e. The summed E-state index contributed by atoms with van der Waals surface area (Å²) in [6, 6.07) is 0. The molecule has 0 saturated heterocycles. The number of nitrogens with zero attached hydrogens (tertiary/aromatic N) is 4. The van der Waals surface area contributed by atoms with Crippen LogP contribution in [0.2, 0.25) is 0 Å². The highest BCUT2D eigenvalue weighted by atomic mass is 15.3. The molecule has 0 aliphatic carbocycles. The molecule has 6 nitrogen and oxygen atoms in total. The van der Waals surface area contributed by atoms with Gasteiger partial charge in [0.05, 0.1) is 5.69 Å². The maximum Gasteiger partial charge on any atom is 0.137 e. The van der Waals surface area contributed by atoms with E-state index >= 15 is 0 Å². The van der Waals surface area contributed by atoms with Crippen LogP contribution in [0.3, 0.4) is 0 Å². The van der Waals surface area contributed by atoms with Crippen LogP contribution >= 0.6 is 0 Å². The highest BCUT2D eigenvalue weighted by molar-refractivity contribution is 5.23. The monoisotopic (exact) mass is 234 g/mol. The normalized spacial score (nSPS) is 11.0. The Balaban J connectivity index is 1.82. The summed E-state index contributed by atoms with van der Waals surface area (Å²) in [4.78, 5) is 4.08. The van der Waals surface area contributed by atoms with Gasteiger partial charge in [0.1, 0.15) is 12.2 Å². The van der Waals surface area contributed by atoms with Crippen molar-refractivity contribution in [2.75, 3.05) is 6.54 Å². The largest absolute Gasteiger partial charge is 0.312 e. The number of aromatic amines is 1. The lowest BCUT2D eigenvalue weighted by Gasteiger charge is -2.04. The minimum atomic E-state index is 0.847. The van der Waals surface area contributed by atoms with E-state index in [0.717, 1.165) is 31.0 Å². The van der Waals surface area contributed by atoms with E-state index in [1.54, 1.807) is 0 Å². The fourth-order valence-electron chi connectivity index (χ4n) is 1.84. The van der Waals surface area contributed by atoms with Crippen LogP contribution in [0.1, 0.15) is 22.8 Å². The van der Waals surface area contributed by atoms with Crippen LogP contribution in [-0.4, -0.2) is 31.5 Å². The summed E-state index contributed by atoms with van der Waals surface area (Å²) in [5, 5.41) is 14.4. The molecule has 0 amide bonds. The molecule has 0 saturated carbocycles.